The molecule has 0 radical (unpaired) electrons. The third kappa shape index (κ3) is 2.95. The van der Waals surface area contributed by atoms with E-state index in [1.165, 1.54) is 11.3 Å². The fourth-order valence-corrected chi connectivity index (χ4v) is 4.03. The van der Waals surface area contributed by atoms with Crippen LogP contribution in [0.3, 0.4) is 0 Å². The molecule has 0 saturated carbocycles. The minimum absolute atomic E-state index is 0.0614. The number of rotatable bonds is 4. The van der Waals surface area contributed by atoms with E-state index in [4.69, 9.17) is 16.0 Å². The highest BCUT2D eigenvalue weighted by Crippen LogP contribution is 2.35. The summed E-state index contributed by atoms with van der Waals surface area (Å²) in [5, 5.41) is 11.1. The number of likely N-dealkylation sites (tertiary alicyclic amines) is 1. The molecule has 3 heterocycles. The quantitative estimate of drug-likeness (QED) is 0.686. The summed E-state index contributed by atoms with van der Waals surface area (Å²) in [4.78, 5) is 37.0. The van der Waals surface area contributed by atoms with Gasteiger partial charge < -0.3 is 4.42 Å². The summed E-state index contributed by atoms with van der Waals surface area (Å²) >= 11 is 7.52. The molecule has 0 aliphatic carbocycles. The molecule has 0 atom stereocenters. The molecular formula is C16H11ClN4O4S. The van der Waals surface area contributed by atoms with Crippen molar-refractivity contribution in [1.82, 2.24) is 15.1 Å². The van der Waals surface area contributed by atoms with Gasteiger partial charge in [-0.1, -0.05) is 34.9 Å². The molecule has 1 N–H and O–H groups in total. The molecular weight excluding hydrogens is 380 g/mol. The number of aromatic nitrogens is 2. The Kier molecular flexibility index (Phi) is 4.17. The summed E-state index contributed by atoms with van der Waals surface area (Å²) < 4.78 is 6.20. The number of halogens is 1. The van der Waals surface area contributed by atoms with Crippen molar-refractivity contribution in [2.45, 2.75) is 19.4 Å². The second kappa shape index (κ2) is 6.50. The number of carbonyl (C=O) groups excluding carboxylic acids is 3. The molecule has 1 fully saturated rings. The molecule has 10 heteroatoms. The monoisotopic (exact) mass is 390 g/mol. The van der Waals surface area contributed by atoms with Gasteiger partial charge in [-0.05, 0) is 6.07 Å². The molecule has 0 spiro atoms. The van der Waals surface area contributed by atoms with Crippen LogP contribution < -0.4 is 5.32 Å². The number of hydrogen-bond donors (Lipinski definition) is 1. The van der Waals surface area contributed by atoms with Crippen LogP contribution in [-0.4, -0.2) is 32.8 Å². The van der Waals surface area contributed by atoms with E-state index in [1.54, 1.807) is 0 Å². The summed E-state index contributed by atoms with van der Waals surface area (Å²) in [5.41, 5.74) is 0. The number of carbonyl (C=O) groups is 3. The van der Waals surface area contributed by atoms with Gasteiger partial charge in [0.2, 0.25) is 17.7 Å². The van der Waals surface area contributed by atoms with Gasteiger partial charge in [0.15, 0.2) is 0 Å². The first kappa shape index (κ1) is 16.7. The van der Waals surface area contributed by atoms with Gasteiger partial charge in [-0.3, -0.25) is 24.6 Å². The number of nitrogens with one attached hydrogen (secondary N) is 1. The lowest BCUT2D eigenvalue weighted by molar-refractivity contribution is -0.139. The Labute approximate surface area is 155 Å². The number of thiophene rings is 1. The average molecular weight is 391 g/mol. The normalized spacial score (nSPS) is 14.4. The number of amides is 3. The van der Waals surface area contributed by atoms with E-state index in [0.29, 0.717) is 9.90 Å². The van der Waals surface area contributed by atoms with E-state index >= 15 is 0 Å². The van der Waals surface area contributed by atoms with Crippen molar-refractivity contribution >= 4 is 56.8 Å². The highest BCUT2D eigenvalue weighted by molar-refractivity contribution is 7.21. The minimum atomic E-state index is -0.472. The molecule has 0 bridgehead atoms. The topological polar surface area (TPSA) is 105 Å². The van der Waals surface area contributed by atoms with Crippen molar-refractivity contribution in [3.8, 4) is 0 Å². The van der Waals surface area contributed by atoms with Crippen LogP contribution in [0.2, 0.25) is 5.02 Å². The van der Waals surface area contributed by atoms with E-state index in [1.807, 2.05) is 24.3 Å². The molecule has 1 saturated heterocycles. The third-order valence-electron chi connectivity index (χ3n) is 3.88. The van der Waals surface area contributed by atoms with Gasteiger partial charge in [0.25, 0.3) is 5.91 Å². The summed E-state index contributed by atoms with van der Waals surface area (Å²) in [7, 11) is 0. The van der Waals surface area contributed by atoms with E-state index in [-0.39, 0.29) is 43.1 Å². The maximum Gasteiger partial charge on any atom is 0.322 e. The van der Waals surface area contributed by atoms with Crippen molar-refractivity contribution in [2.24, 2.45) is 0 Å². The summed E-state index contributed by atoms with van der Waals surface area (Å²) in [6, 6.07) is 7.28. The number of imide groups is 1. The molecule has 0 unspecified atom stereocenters. The zero-order valence-corrected chi connectivity index (χ0v) is 14.8. The van der Waals surface area contributed by atoms with Crippen LogP contribution in [0.1, 0.15) is 28.4 Å². The molecule has 3 aromatic rings. The Morgan fingerprint density at radius 1 is 1.23 bits per heavy atom. The number of fused-ring (bicyclic) bond motifs is 1. The van der Waals surface area contributed by atoms with Crippen molar-refractivity contribution in [1.29, 1.82) is 0 Å². The molecule has 1 aliphatic heterocycles. The maximum absolute atomic E-state index is 12.4. The van der Waals surface area contributed by atoms with Crippen molar-refractivity contribution in [2.75, 3.05) is 5.32 Å². The average Bonchev–Trinajstić information content (AvgIpc) is 3.30. The van der Waals surface area contributed by atoms with E-state index in [2.05, 4.69) is 15.5 Å². The fourth-order valence-electron chi connectivity index (χ4n) is 2.62. The van der Waals surface area contributed by atoms with Gasteiger partial charge in [-0.25, -0.2) is 0 Å². The van der Waals surface area contributed by atoms with Gasteiger partial charge in [-0.2, -0.15) is 0 Å². The molecule has 1 aliphatic rings. The van der Waals surface area contributed by atoms with Crippen molar-refractivity contribution in [3.63, 3.8) is 0 Å². The molecule has 1 aromatic carbocycles. The Bertz CT molecular complexity index is 1030. The predicted octanol–water partition coefficient (Wildman–Crippen LogP) is 2.84. The molecule has 2 aromatic heterocycles. The van der Waals surface area contributed by atoms with Crippen molar-refractivity contribution in [3.05, 3.63) is 40.1 Å². The van der Waals surface area contributed by atoms with Crippen LogP contribution in [0.15, 0.2) is 28.7 Å². The standard InChI is InChI=1S/C16H11ClN4O4S/c17-13-8-3-1-2-4-9(8)26-14(13)15(24)18-16-20-19-10(25-16)7-21-11(22)5-6-12(21)23/h1-4H,5-7H2,(H,18,20,24). The van der Waals surface area contributed by atoms with Gasteiger partial charge in [0, 0.05) is 22.9 Å². The van der Waals surface area contributed by atoms with Crippen LogP contribution in [-0.2, 0) is 16.1 Å². The molecule has 4 rings (SSSR count). The minimum Gasteiger partial charge on any atom is -0.406 e. The molecule has 26 heavy (non-hydrogen) atoms. The lowest BCUT2D eigenvalue weighted by Crippen LogP contribution is -2.28. The van der Waals surface area contributed by atoms with Crippen LogP contribution in [0, 0.1) is 0 Å². The molecule has 3 amide bonds. The molecule has 8 nitrogen and oxygen atoms in total. The Balaban J connectivity index is 1.50. The fraction of sp³-hybridized carbons (Fsp3) is 0.188. The highest BCUT2D eigenvalue weighted by atomic mass is 35.5. The second-order valence-electron chi connectivity index (χ2n) is 5.57. The number of nitrogens with zero attached hydrogens (tertiary/aromatic N) is 3. The van der Waals surface area contributed by atoms with Gasteiger partial charge in [0.05, 0.1) is 5.02 Å². The van der Waals surface area contributed by atoms with E-state index < -0.39 is 5.91 Å². The summed E-state index contributed by atoms with van der Waals surface area (Å²) in [5.74, 6) is -0.974. The Morgan fingerprint density at radius 2 is 1.96 bits per heavy atom. The molecule has 132 valence electrons. The second-order valence-corrected chi connectivity index (χ2v) is 7.00. The summed E-state index contributed by atoms with van der Waals surface area (Å²) in [6.07, 6.45) is 0.363. The first-order valence-corrected chi connectivity index (χ1v) is 8.86. The largest absolute Gasteiger partial charge is 0.406 e. The Hall–Kier alpha value is -2.78. The SMILES string of the molecule is O=C(Nc1nnc(CN2C(=O)CCC2=O)o1)c1sc2ccccc2c1Cl. The first-order valence-electron chi connectivity index (χ1n) is 7.67. The lowest BCUT2D eigenvalue weighted by Gasteiger charge is -2.09. The van der Waals surface area contributed by atoms with Crippen LogP contribution >= 0.6 is 22.9 Å². The van der Waals surface area contributed by atoms with Gasteiger partial charge >= 0.3 is 6.01 Å². The van der Waals surface area contributed by atoms with Gasteiger partial charge in [-0.15, -0.1) is 16.4 Å². The third-order valence-corrected chi connectivity index (χ3v) is 5.55. The van der Waals surface area contributed by atoms with Gasteiger partial charge in [0.1, 0.15) is 11.4 Å². The van der Waals surface area contributed by atoms with Crippen LogP contribution in [0.4, 0.5) is 6.01 Å². The number of hydrogen-bond acceptors (Lipinski definition) is 7. The van der Waals surface area contributed by atoms with Crippen molar-refractivity contribution < 1.29 is 18.8 Å². The van der Waals surface area contributed by atoms with E-state index in [9.17, 15) is 14.4 Å². The van der Waals surface area contributed by atoms with E-state index in [0.717, 1.165) is 15.0 Å². The predicted molar refractivity (Wildman–Crippen MR) is 93.9 cm³/mol. The smallest absolute Gasteiger partial charge is 0.322 e. The summed E-state index contributed by atoms with van der Waals surface area (Å²) in [6.45, 7) is -0.107. The first-order chi connectivity index (χ1) is 12.5. The van der Waals surface area contributed by atoms with Crippen LogP contribution in [0.25, 0.3) is 10.1 Å². The zero-order valence-electron chi connectivity index (χ0n) is 13.2. The zero-order chi connectivity index (χ0) is 18.3. The number of anilines is 1. The maximum atomic E-state index is 12.4. The Morgan fingerprint density at radius 3 is 2.69 bits per heavy atom. The van der Waals surface area contributed by atoms with Crippen LogP contribution in [0.5, 0.6) is 0 Å². The highest BCUT2D eigenvalue weighted by Gasteiger charge is 2.30. The number of benzene rings is 1. The lowest BCUT2D eigenvalue weighted by atomic mass is 10.2.